The van der Waals surface area contributed by atoms with Gasteiger partial charge < -0.3 is 20.1 Å². The number of benzene rings is 2. The number of para-hydroxylation sites is 1. The third kappa shape index (κ3) is 5.31. The van der Waals surface area contributed by atoms with Crippen molar-refractivity contribution in [3.63, 3.8) is 0 Å². The van der Waals surface area contributed by atoms with Gasteiger partial charge in [0.05, 0.1) is 23.6 Å². The van der Waals surface area contributed by atoms with E-state index in [1.165, 1.54) is 36.4 Å². The number of carbonyl (C=O) groups is 1. The average Bonchev–Trinajstić information content (AvgIpc) is 3.58. The van der Waals surface area contributed by atoms with Gasteiger partial charge >= 0.3 is 6.18 Å². The number of aromatic nitrogens is 4. The highest BCUT2D eigenvalue weighted by Gasteiger charge is 2.40. The molecular weight excluding hydrogens is 503 g/mol. The SMILES string of the molecule is O=C(NC1CCC(O)CC1)C(O)c1ccc(-c2noc(-c3cnn(-c4ccccc4)c3C(F)(F)F)n2)cc1. The Morgan fingerprint density at radius 2 is 1.74 bits per heavy atom. The second-order valence-electron chi connectivity index (χ2n) is 9.11. The molecule has 3 N–H and O–H groups in total. The van der Waals surface area contributed by atoms with Gasteiger partial charge in [0.1, 0.15) is 0 Å². The Kier molecular flexibility index (Phi) is 7.00. The van der Waals surface area contributed by atoms with Crippen molar-refractivity contribution >= 4 is 5.91 Å². The third-order valence-electron chi connectivity index (χ3n) is 6.47. The monoisotopic (exact) mass is 527 g/mol. The summed E-state index contributed by atoms with van der Waals surface area (Å²) in [5.74, 6) is -0.862. The number of hydrogen-bond donors (Lipinski definition) is 3. The molecule has 9 nitrogen and oxygen atoms in total. The van der Waals surface area contributed by atoms with Gasteiger partial charge in [-0.15, -0.1) is 0 Å². The number of carbonyl (C=O) groups excluding carboxylic acids is 1. The van der Waals surface area contributed by atoms with Crippen LogP contribution in [0.5, 0.6) is 0 Å². The van der Waals surface area contributed by atoms with Crippen molar-refractivity contribution in [3.8, 4) is 28.5 Å². The van der Waals surface area contributed by atoms with Gasteiger partial charge in [-0.25, -0.2) is 4.68 Å². The van der Waals surface area contributed by atoms with E-state index >= 15 is 0 Å². The number of aliphatic hydroxyl groups excluding tert-OH is 2. The predicted octanol–water partition coefficient (Wildman–Crippen LogP) is 4.06. The molecule has 1 aliphatic rings. The topological polar surface area (TPSA) is 126 Å². The molecule has 4 aromatic rings. The van der Waals surface area contributed by atoms with E-state index in [-0.39, 0.29) is 35.1 Å². The van der Waals surface area contributed by atoms with Gasteiger partial charge in [-0.05, 0) is 43.4 Å². The summed E-state index contributed by atoms with van der Waals surface area (Å²) in [5.41, 5.74) is -0.434. The molecule has 2 heterocycles. The number of hydrogen-bond acceptors (Lipinski definition) is 7. The van der Waals surface area contributed by atoms with Crippen LogP contribution in [0.1, 0.15) is 43.0 Å². The lowest BCUT2D eigenvalue weighted by molar-refractivity contribution is -0.142. The van der Waals surface area contributed by atoms with Crippen LogP contribution in [0.15, 0.2) is 65.3 Å². The molecule has 0 aliphatic heterocycles. The second-order valence-corrected chi connectivity index (χ2v) is 9.11. The van der Waals surface area contributed by atoms with Crippen molar-refractivity contribution in [2.75, 3.05) is 0 Å². The standard InChI is InChI=1S/C26H24F3N5O4/c27-26(28,29)22-20(14-30-34(22)18-4-2-1-3-5-18)25-32-23(33-38-25)16-8-6-15(7-9-16)21(36)24(37)31-17-10-12-19(35)13-11-17/h1-9,14,17,19,21,35-36H,10-13H2,(H,31,37). The fourth-order valence-corrected chi connectivity index (χ4v) is 4.46. The molecule has 1 amide bonds. The zero-order valence-corrected chi connectivity index (χ0v) is 20.0. The molecule has 198 valence electrons. The Labute approximate surface area is 214 Å². The molecule has 1 unspecified atom stereocenters. The molecule has 0 bridgehead atoms. The van der Waals surface area contributed by atoms with Crippen molar-refractivity contribution in [2.24, 2.45) is 0 Å². The van der Waals surface area contributed by atoms with Crippen molar-refractivity contribution in [2.45, 2.75) is 50.1 Å². The number of nitrogens with zero attached hydrogens (tertiary/aromatic N) is 4. The Morgan fingerprint density at radius 3 is 2.39 bits per heavy atom. The summed E-state index contributed by atoms with van der Waals surface area (Å²) in [4.78, 5) is 16.6. The molecule has 2 aromatic carbocycles. The highest BCUT2D eigenvalue weighted by Crippen LogP contribution is 2.38. The molecular formula is C26H24F3N5O4. The zero-order chi connectivity index (χ0) is 26.9. The smallest absolute Gasteiger partial charge is 0.393 e. The van der Waals surface area contributed by atoms with Crippen LogP contribution in [0.3, 0.4) is 0 Å². The second kappa shape index (κ2) is 10.4. The van der Waals surface area contributed by atoms with Gasteiger partial charge in [-0.2, -0.15) is 23.3 Å². The van der Waals surface area contributed by atoms with E-state index in [0.717, 1.165) is 10.9 Å². The van der Waals surface area contributed by atoms with Gasteiger partial charge in [0.2, 0.25) is 5.82 Å². The normalized spacial score (nSPS) is 18.8. The van der Waals surface area contributed by atoms with Gasteiger partial charge in [-0.3, -0.25) is 4.79 Å². The Bertz CT molecular complexity index is 1390. The lowest BCUT2D eigenvalue weighted by atomic mass is 9.93. The molecule has 12 heteroatoms. The number of amides is 1. The molecule has 1 aliphatic carbocycles. The molecule has 0 saturated heterocycles. The van der Waals surface area contributed by atoms with E-state index in [0.29, 0.717) is 36.8 Å². The number of rotatable bonds is 6. The van der Waals surface area contributed by atoms with Gasteiger partial charge in [0.15, 0.2) is 11.8 Å². The van der Waals surface area contributed by atoms with Crippen LogP contribution in [-0.2, 0) is 11.0 Å². The van der Waals surface area contributed by atoms with E-state index in [4.69, 9.17) is 4.52 Å². The maximum Gasteiger partial charge on any atom is 0.434 e. The fourth-order valence-electron chi connectivity index (χ4n) is 4.46. The van der Waals surface area contributed by atoms with Crippen molar-refractivity contribution in [1.29, 1.82) is 0 Å². The molecule has 1 saturated carbocycles. The molecule has 0 spiro atoms. The Morgan fingerprint density at radius 1 is 1.05 bits per heavy atom. The van der Waals surface area contributed by atoms with E-state index in [9.17, 15) is 28.2 Å². The molecule has 2 aromatic heterocycles. The number of nitrogens with one attached hydrogen (secondary N) is 1. The summed E-state index contributed by atoms with van der Waals surface area (Å²) in [6.45, 7) is 0. The predicted molar refractivity (Wildman–Crippen MR) is 129 cm³/mol. The lowest BCUT2D eigenvalue weighted by Gasteiger charge is -2.27. The highest BCUT2D eigenvalue weighted by atomic mass is 19.4. The van der Waals surface area contributed by atoms with Crippen molar-refractivity contribution < 1.29 is 32.7 Å². The maximum atomic E-state index is 14.0. The van der Waals surface area contributed by atoms with E-state index in [1.54, 1.807) is 18.2 Å². The number of alkyl halides is 3. The minimum atomic E-state index is -4.74. The Balaban J connectivity index is 1.34. The minimum Gasteiger partial charge on any atom is -0.393 e. The van der Waals surface area contributed by atoms with E-state index in [2.05, 4.69) is 20.6 Å². The summed E-state index contributed by atoms with van der Waals surface area (Å²) in [6.07, 6.45) is -3.01. The van der Waals surface area contributed by atoms with Crippen molar-refractivity contribution in [3.05, 3.63) is 72.1 Å². The first-order valence-electron chi connectivity index (χ1n) is 12.0. The Hall–Kier alpha value is -4.03. The summed E-state index contributed by atoms with van der Waals surface area (Å²) < 4.78 is 47.9. The fraction of sp³-hybridized carbons (Fsp3) is 0.308. The van der Waals surface area contributed by atoms with E-state index in [1.807, 2.05) is 0 Å². The summed E-state index contributed by atoms with van der Waals surface area (Å²) in [6, 6.07) is 13.9. The third-order valence-corrected chi connectivity index (χ3v) is 6.47. The average molecular weight is 528 g/mol. The number of halogens is 3. The van der Waals surface area contributed by atoms with Crippen LogP contribution < -0.4 is 5.32 Å². The van der Waals surface area contributed by atoms with Crippen LogP contribution in [0.4, 0.5) is 13.2 Å². The summed E-state index contributed by atoms with van der Waals surface area (Å²) >= 11 is 0. The summed E-state index contributed by atoms with van der Waals surface area (Å²) in [5, 5.41) is 30.6. The van der Waals surface area contributed by atoms with Crippen LogP contribution in [0.25, 0.3) is 28.5 Å². The lowest BCUT2D eigenvalue weighted by Crippen LogP contribution is -2.41. The van der Waals surface area contributed by atoms with Gasteiger partial charge in [0.25, 0.3) is 11.8 Å². The molecule has 5 rings (SSSR count). The van der Waals surface area contributed by atoms with Gasteiger partial charge in [0, 0.05) is 11.6 Å². The molecule has 38 heavy (non-hydrogen) atoms. The van der Waals surface area contributed by atoms with E-state index < -0.39 is 23.9 Å². The summed E-state index contributed by atoms with van der Waals surface area (Å²) in [7, 11) is 0. The molecule has 0 radical (unpaired) electrons. The first-order valence-corrected chi connectivity index (χ1v) is 12.0. The van der Waals surface area contributed by atoms with Crippen LogP contribution >= 0.6 is 0 Å². The van der Waals surface area contributed by atoms with Gasteiger partial charge in [-0.1, -0.05) is 47.6 Å². The molecule has 1 fully saturated rings. The maximum absolute atomic E-state index is 14.0. The van der Waals surface area contributed by atoms with Crippen molar-refractivity contribution in [1.82, 2.24) is 25.2 Å². The van der Waals surface area contributed by atoms with Crippen LogP contribution in [0, 0.1) is 0 Å². The number of aliphatic hydroxyl groups is 2. The first-order chi connectivity index (χ1) is 18.2. The first kappa shape index (κ1) is 25.6. The quantitative estimate of drug-likeness (QED) is 0.345. The largest absolute Gasteiger partial charge is 0.434 e. The van der Waals surface area contributed by atoms with Crippen LogP contribution in [-0.4, -0.2) is 48.2 Å². The molecule has 1 atom stereocenters. The van der Waals surface area contributed by atoms with Crippen LogP contribution in [0.2, 0.25) is 0 Å². The minimum absolute atomic E-state index is 0.0341. The zero-order valence-electron chi connectivity index (χ0n) is 20.0. The highest BCUT2D eigenvalue weighted by molar-refractivity contribution is 5.82.